The first-order chi connectivity index (χ1) is 12.9. The molecule has 0 spiro atoms. The minimum Gasteiger partial charge on any atom is -0.444 e. The van der Waals surface area contributed by atoms with Gasteiger partial charge in [-0.1, -0.05) is 26.0 Å². The predicted octanol–water partition coefficient (Wildman–Crippen LogP) is 3.74. The number of anilines is 1. The second-order valence-corrected chi connectivity index (χ2v) is 8.49. The van der Waals surface area contributed by atoms with Crippen molar-refractivity contribution in [3.63, 3.8) is 0 Å². The van der Waals surface area contributed by atoms with Crippen LogP contribution in [0.3, 0.4) is 0 Å². The van der Waals surface area contributed by atoms with Crippen LogP contribution in [0.4, 0.5) is 5.69 Å². The molecule has 1 aromatic carbocycles. The molecule has 2 N–H and O–H groups in total. The summed E-state index contributed by atoms with van der Waals surface area (Å²) in [5, 5.41) is 9.69. The minimum atomic E-state index is -0.435. The van der Waals surface area contributed by atoms with Gasteiger partial charge < -0.3 is 15.4 Å². The normalized spacial score (nSPS) is 24.6. The van der Waals surface area contributed by atoms with E-state index in [1.165, 1.54) is 18.5 Å². The summed E-state index contributed by atoms with van der Waals surface area (Å²) in [5.74, 6) is 0.363. The van der Waals surface area contributed by atoms with E-state index in [9.17, 15) is 10.1 Å². The first-order valence-corrected chi connectivity index (χ1v) is 9.58. The number of benzene rings is 1. The Kier molecular flexibility index (Phi) is 4.22. The predicted molar refractivity (Wildman–Crippen MR) is 104 cm³/mol. The number of hydrogen-bond acceptors (Lipinski definition) is 5. The fraction of sp³-hybridized carbons (Fsp3) is 0.455. The van der Waals surface area contributed by atoms with E-state index in [4.69, 9.17) is 10.5 Å². The van der Waals surface area contributed by atoms with Gasteiger partial charge in [0.15, 0.2) is 5.78 Å². The number of nitriles is 1. The summed E-state index contributed by atoms with van der Waals surface area (Å²) in [4.78, 5) is 15.3. The van der Waals surface area contributed by atoms with Crippen LogP contribution in [0.25, 0.3) is 0 Å². The molecule has 2 aliphatic heterocycles. The molecular weight excluding hydrogens is 338 g/mol. The van der Waals surface area contributed by atoms with Crippen LogP contribution in [0, 0.1) is 16.7 Å². The molecule has 27 heavy (non-hydrogen) atoms. The monoisotopic (exact) mass is 363 g/mol. The third-order valence-corrected chi connectivity index (χ3v) is 5.77. The lowest BCUT2D eigenvalue weighted by Crippen LogP contribution is -2.33. The van der Waals surface area contributed by atoms with Gasteiger partial charge in [0.1, 0.15) is 17.4 Å². The lowest BCUT2D eigenvalue weighted by molar-refractivity contribution is -0.119. The van der Waals surface area contributed by atoms with Crippen LogP contribution >= 0.6 is 0 Å². The number of carbonyl (C=O) groups is 1. The maximum atomic E-state index is 13.0. The zero-order chi connectivity index (χ0) is 19.2. The summed E-state index contributed by atoms with van der Waals surface area (Å²) in [6.45, 7) is 6.26. The van der Waals surface area contributed by atoms with Gasteiger partial charge in [-0.3, -0.25) is 4.79 Å². The third-order valence-electron chi connectivity index (χ3n) is 5.77. The molecule has 4 rings (SSSR count). The van der Waals surface area contributed by atoms with Crippen molar-refractivity contribution in [1.29, 1.82) is 5.26 Å². The van der Waals surface area contributed by atoms with Gasteiger partial charge in [0.25, 0.3) is 0 Å². The largest absolute Gasteiger partial charge is 0.444 e. The van der Waals surface area contributed by atoms with Crippen LogP contribution in [0.1, 0.15) is 51.0 Å². The van der Waals surface area contributed by atoms with Crippen LogP contribution in [-0.4, -0.2) is 18.9 Å². The highest BCUT2D eigenvalue weighted by atomic mass is 16.5. The standard InChI is InChI=1S/C22H25N3O2/c1-22(2)11-17(26)20-18(12-22)27-21(24)16(13-23)19(20)14-5-7-15(8-6-14)25-9-3-4-10-25/h5-8,19H,3-4,9-12,24H2,1-2H3. The first-order valence-electron chi connectivity index (χ1n) is 9.58. The number of rotatable bonds is 2. The van der Waals surface area contributed by atoms with E-state index in [1.807, 2.05) is 12.1 Å². The van der Waals surface area contributed by atoms with Crippen molar-refractivity contribution in [2.45, 2.75) is 45.4 Å². The van der Waals surface area contributed by atoms with Crippen LogP contribution in [0.2, 0.25) is 0 Å². The van der Waals surface area contributed by atoms with Gasteiger partial charge in [0.05, 0.1) is 5.92 Å². The highest BCUT2D eigenvalue weighted by Crippen LogP contribution is 2.47. The average molecular weight is 363 g/mol. The summed E-state index contributed by atoms with van der Waals surface area (Å²) >= 11 is 0. The van der Waals surface area contributed by atoms with Gasteiger partial charge in [-0.25, -0.2) is 0 Å². The summed E-state index contributed by atoms with van der Waals surface area (Å²) in [6.07, 6.45) is 3.55. The summed E-state index contributed by atoms with van der Waals surface area (Å²) < 4.78 is 5.74. The Morgan fingerprint density at radius 2 is 1.85 bits per heavy atom. The molecule has 1 atom stereocenters. The van der Waals surface area contributed by atoms with Crippen LogP contribution < -0.4 is 10.6 Å². The molecule has 0 radical (unpaired) electrons. The third kappa shape index (κ3) is 3.10. The fourth-order valence-electron chi connectivity index (χ4n) is 4.47. The molecule has 140 valence electrons. The maximum Gasteiger partial charge on any atom is 0.205 e. The van der Waals surface area contributed by atoms with Crippen LogP contribution in [0.5, 0.6) is 0 Å². The van der Waals surface area contributed by atoms with E-state index >= 15 is 0 Å². The molecule has 1 unspecified atom stereocenters. The van der Waals surface area contributed by atoms with E-state index in [0.29, 0.717) is 29.7 Å². The van der Waals surface area contributed by atoms with Crippen molar-refractivity contribution >= 4 is 11.5 Å². The highest BCUT2D eigenvalue weighted by molar-refractivity contribution is 6.00. The van der Waals surface area contributed by atoms with E-state index < -0.39 is 5.92 Å². The maximum absolute atomic E-state index is 13.0. The van der Waals surface area contributed by atoms with Crippen molar-refractivity contribution < 1.29 is 9.53 Å². The molecule has 0 bridgehead atoms. The molecule has 1 aliphatic carbocycles. The summed E-state index contributed by atoms with van der Waals surface area (Å²) in [7, 11) is 0. The number of Topliss-reactive ketones (excluding diaryl/α,β-unsaturated/α-hetero) is 1. The summed E-state index contributed by atoms with van der Waals surface area (Å²) in [5.41, 5.74) is 8.94. The highest BCUT2D eigenvalue weighted by Gasteiger charge is 2.42. The van der Waals surface area contributed by atoms with Crippen LogP contribution in [-0.2, 0) is 9.53 Å². The number of allylic oxidation sites excluding steroid dienone is 3. The topological polar surface area (TPSA) is 79.3 Å². The number of carbonyl (C=O) groups excluding carboxylic acids is 1. The Labute approximate surface area is 160 Å². The Balaban J connectivity index is 1.75. The number of nitrogens with zero attached hydrogens (tertiary/aromatic N) is 2. The van der Waals surface area contributed by atoms with Crippen molar-refractivity contribution in [2.24, 2.45) is 11.1 Å². The van der Waals surface area contributed by atoms with Gasteiger partial charge in [-0.15, -0.1) is 0 Å². The molecular formula is C22H25N3O2. The molecule has 0 aromatic heterocycles. The summed E-state index contributed by atoms with van der Waals surface area (Å²) in [6, 6.07) is 10.4. The van der Waals surface area contributed by atoms with Gasteiger partial charge in [0, 0.05) is 37.2 Å². The molecule has 0 saturated carbocycles. The van der Waals surface area contributed by atoms with Gasteiger partial charge in [-0.2, -0.15) is 5.26 Å². The zero-order valence-electron chi connectivity index (χ0n) is 15.9. The Morgan fingerprint density at radius 1 is 1.19 bits per heavy atom. The molecule has 5 heteroatoms. The molecule has 2 heterocycles. The molecule has 1 saturated heterocycles. The molecule has 5 nitrogen and oxygen atoms in total. The van der Waals surface area contributed by atoms with Crippen LogP contribution in [0.15, 0.2) is 47.1 Å². The Morgan fingerprint density at radius 3 is 2.48 bits per heavy atom. The Bertz CT molecular complexity index is 881. The van der Waals surface area contributed by atoms with Gasteiger partial charge in [-0.05, 0) is 36.0 Å². The van der Waals surface area contributed by atoms with E-state index in [0.717, 1.165) is 18.7 Å². The molecule has 1 fully saturated rings. The molecule has 3 aliphatic rings. The second kappa shape index (κ2) is 6.45. The quantitative estimate of drug-likeness (QED) is 0.866. The SMILES string of the molecule is CC1(C)CC(=O)C2=C(C1)OC(N)=C(C#N)C2c1ccc(N2CCCC2)cc1. The van der Waals surface area contributed by atoms with Crippen molar-refractivity contribution in [3.05, 3.63) is 52.6 Å². The van der Waals surface area contributed by atoms with Crippen molar-refractivity contribution in [1.82, 2.24) is 0 Å². The average Bonchev–Trinajstić information content (AvgIpc) is 3.14. The van der Waals surface area contributed by atoms with E-state index in [2.05, 4.69) is 36.9 Å². The second-order valence-electron chi connectivity index (χ2n) is 8.49. The number of ketones is 1. The van der Waals surface area contributed by atoms with Crippen molar-refractivity contribution in [3.8, 4) is 6.07 Å². The molecule has 1 aromatic rings. The lowest BCUT2D eigenvalue weighted by atomic mass is 9.70. The smallest absolute Gasteiger partial charge is 0.205 e. The zero-order valence-corrected chi connectivity index (χ0v) is 15.9. The van der Waals surface area contributed by atoms with Gasteiger partial charge in [0.2, 0.25) is 5.88 Å². The van der Waals surface area contributed by atoms with E-state index in [1.54, 1.807) is 0 Å². The molecule has 0 amide bonds. The van der Waals surface area contributed by atoms with Gasteiger partial charge >= 0.3 is 0 Å². The Hall–Kier alpha value is -2.74. The fourth-order valence-corrected chi connectivity index (χ4v) is 4.47. The first kappa shape index (κ1) is 17.7. The number of hydrogen-bond donors (Lipinski definition) is 1. The number of nitrogens with two attached hydrogens (primary N) is 1. The lowest BCUT2D eigenvalue weighted by Gasteiger charge is -2.37. The van der Waals surface area contributed by atoms with Crippen molar-refractivity contribution in [2.75, 3.05) is 18.0 Å². The minimum absolute atomic E-state index is 0.0510. The van der Waals surface area contributed by atoms with E-state index in [-0.39, 0.29) is 17.1 Å². The number of ether oxygens (including phenoxy) is 1.